The second-order valence-corrected chi connectivity index (χ2v) is 8.68. The van der Waals surface area contributed by atoms with E-state index in [-0.39, 0.29) is 5.75 Å². The van der Waals surface area contributed by atoms with Gasteiger partial charge in [0, 0.05) is 22.6 Å². The summed E-state index contributed by atoms with van der Waals surface area (Å²) in [5.74, 6) is 1.85. The van der Waals surface area contributed by atoms with Crippen molar-refractivity contribution in [1.29, 1.82) is 0 Å². The van der Waals surface area contributed by atoms with Crippen LogP contribution < -0.4 is 19.0 Å². The third kappa shape index (κ3) is 5.06. The maximum atomic E-state index is 10.5. The standard InChI is InChI=1S/C25H29N3O4S/c1-30-19-12-13-20(23(14-19)32-3)21-16-33-25(27-18-9-5-4-6-10-18)28(21)26-15-17-8-7-11-22(31-2)24(17)29/h7-8,11-16,18,29H,4-6,9-10H2,1-3H3. The second-order valence-electron chi connectivity index (χ2n) is 7.85. The normalized spacial score (nSPS) is 15.2. The van der Waals surface area contributed by atoms with Crippen LogP contribution in [0.25, 0.3) is 11.3 Å². The topological polar surface area (TPSA) is 77.6 Å². The fraction of sp³-hybridized carbons (Fsp3) is 0.360. The predicted molar refractivity (Wildman–Crippen MR) is 131 cm³/mol. The molecule has 1 fully saturated rings. The summed E-state index contributed by atoms with van der Waals surface area (Å²) >= 11 is 1.55. The molecule has 1 aliphatic carbocycles. The second kappa shape index (κ2) is 10.6. The van der Waals surface area contributed by atoms with Crippen LogP contribution in [0.1, 0.15) is 37.7 Å². The zero-order valence-corrected chi connectivity index (χ0v) is 20.0. The van der Waals surface area contributed by atoms with Crippen molar-refractivity contribution in [3.63, 3.8) is 0 Å². The first-order chi connectivity index (χ1) is 16.1. The maximum Gasteiger partial charge on any atom is 0.206 e. The third-order valence-electron chi connectivity index (χ3n) is 5.80. The molecule has 1 saturated carbocycles. The molecule has 174 valence electrons. The van der Waals surface area contributed by atoms with Crippen molar-refractivity contribution in [3.8, 4) is 34.3 Å². The minimum absolute atomic E-state index is 0.0499. The number of benzene rings is 2. The molecule has 7 nitrogen and oxygen atoms in total. The quantitative estimate of drug-likeness (QED) is 0.493. The molecule has 2 aromatic carbocycles. The molecule has 0 amide bonds. The number of phenols is 1. The summed E-state index contributed by atoms with van der Waals surface area (Å²) in [6, 6.07) is 11.3. The zero-order valence-electron chi connectivity index (χ0n) is 19.2. The number of thiazole rings is 1. The number of aromatic nitrogens is 1. The molecule has 0 bridgehead atoms. The molecule has 0 saturated heterocycles. The number of nitrogens with zero attached hydrogens (tertiary/aromatic N) is 3. The van der Waals surface area contributed by atoms with Crippen molar-refractivity contribution in [2.75, 3.05) is 21.3 Å². The largest absolute Gasteiger partial charge is 0.504 e. The fourth-order valence-electron chi connectivity index (χ4n) is 3.99. The van der Waals surface area contributed by atoms with Gasteiger partial charge < -0.3 is 19.3 Å². The molecule has 4 rings (SSSR count). The average Bonchev–Trinajstić information content (AvgIpc) is 3.25. The van der Waals surface area contributed by atoms with E-state index >= 15 is 0 Å². The number of hydrogen-bond acceptors (Lipinski definition) is 7. The Morgan fingerprint density at radius 3 is 2.52 bits per heavy atom. The molecular weight excluding hydrogens is 438 g/mol. The van der Waals surface area contributed by atoms with Gasteiger partial charge in [-0.3, -0.25) is 4.99 Å². The van der Waals surface area contributed by atoms with Crippen LogP contribution in [-0.4, -0.2) is 43.4 Å². The summed E-state index contributed by atoms with van der Waals surface area (Å²) in [5.41, 5.74) is 2.30. The number of methoxy groups -OCH3 is 3. The Labute approximate surface area is 197 Å². The van der Waals surface area contributed by atoms with Crippen LogP contribution in [0.2, 0.25) is 0 Å². The molecule has 1 N–H and O–H groups in total. The summed E-state index contributed by atoms with van der Waals surface area (Å²) in [6.07, 6.45) is 7.51. The van der Waals surface area contributed by atoms with Gasteiger partial charge in [-0.25, -0.2) is 4.68 Å². The Morgan fingerprint density at radius 2 is 1.79 bits per heavy atom. The molecule has 0 aliphatic heterocycles. The van der Waals surface area contributed by atoms with Crippen molar-refractivity contribution in [2.24, 2.45) is 10.1 Å². The van der Waals surface area contributed by atoms with Crippen LogP contribution in [0.4, 0.5) is 0 Å². The van der Waals surface area contributed by atoms with Gasteiger partial charge in [0.2, 0.25) is 4.80 Å². The highest BCUT2D eigenvalue weighted by Crippen LogP contribution is 2.34. The Morgan fingerprint density at radius 1 is 1.00 bits per heavy atom. The summed E-state index contributed by atoms with van der Waals surface area (Å²) in [7, 11) is 4.80. The number of ether oxygens (including phenoxy) is 3. The van der Waals surface area contributed by atoms with E-state index < -0.39 is 0 Å². The van der Waals surface area contributed by atoms with E-state index in [1.165, 1.54) is 26.4 Å². The van der Waals surface area contributed by atoms with E-state index in [0.717, 1.165) is 28.9 Å². The van der Waals surface area contributed by atoms with E-state index in [2.05, 4.69) is 0 Å². The van der Waals surface area contributed by atoms with Gasteiger partial charge in [-0.1, -0.05) is 25.3 Å². The molecular formula is C25H29N3O4S. The lowest BCUT2D eigenvalue weighted by molar-refractivity contribution is 0.373. The number of phenolic OH excluding ortho intramolecular Hbond substituents is 1. The molecule has 1 heterocycles. The highest BCUT2D eigenvalue weighted by molar-refractivity contribution is 7.07. The van der Waals surface area contributed by atoms with E-state index in [1.807, 2.05) is 34.3 Å². The molecule has 0 atom stereocenters. The Balaban J connectivity index is 1.83. The van der Waals surface area contributed by atoms with Crippen molar-refractivity contribution < 1.29 is 19.3 Å². The van der Waals surface area contributed by atoms with Gasteiger partial charge in [-0.2, -0.15) is 5.10 Å². The summed E-state index contributed by atoms with van der Waals surface area (Å²) < 4.78 is 18.0. The van der Waals surface area contributed by atoms with Crippen molar-refractivity contribution in [2.45, 2.75) is 38.1 Å². The third-order valence-corrected chi connectivity index (χ3v) is 6.63. The van der Waals surface area contributed by atoms with Crippen LogP contribution in [0, 0.1) is 0 Å². The van der Waals surface area contributed by atoms with Crippen LogP contribution in [0.15, 0.2) is 51.9 Å². The Kier molecular flexibility index (Phi) is 7.34. The summed E-state index contributed by atoms with van der Waals surface area (Å²) in [6.45, 7) is 0. The van der Waals surface area contributed by atoms with Crippen LogP contribution in [0.5, 0.6) is 23.0 Å². The van der Waals surface area contributed by atoms with Gasteiger partial charge in [-0.05, 0) is 37.1 Å². The minimum Gasteiger partial charge on any atom is -0.504 e. The van der Waals surface area contributed by atoms with Gasteiger partial charge >= 0.3 is 0 Å². The maximum absolute atomic E-state index is 10.5. The lowest BCUT2D eigenvalue weighted by Gasteiger charge is -2.17. The average molecular weight is 468 g/mol. The molecule has 8 heteroatoms. The monoisotopic (exact) mass is 467 g/mol. The first-order valence-electron chi connectivity index (χ1n) is 11.0. The van der Waals surface area contributed by atoms with Crippen molar-refractivity contribution in [1.82, 2.24) is 4.68 Å². The first kappa shape index (κ1) is 22.9. The summed E-state index contributed by atoms with van der Waals surface area (Å²) in [5, 5.41) is 17.3. The molecule has 1 aliphatic rings. The van der Waals surface area contributed by atoms with Crippen LogP contribution >= 0.6 is 11.3 Å². The molecule has 3 aromatic rings. The SMILES string of the molecule is COc1ccc(-c2csc(=NC3CCCCC3)n2N=Cc2cccc(OC)c2O)c(OC)c1. The predicted octanol–water partition coefficient (Wildman–Crippen LogP) is 5.06. The molecule has 0 radical (unpaired) electrons. The smallest absolute Gasteiger partial charge is 0.206 e. The number of hydrogen-bond donors (Lipinski definition) is 1. The lowest BCUT2D eigenvalue weighted by atomic mass is 9.96. The van der Waals surface area contributed by atoms with Gasteiger partial charge in [-0.15, -0.1) is 11.3 Å². The Hall–Kier alpha value is -3.26. The van der Waals surface area contributed by atoms with Gasteiger partial charge in [0.05, 0.1) is 39.3 Å². The summed E-state index contributed by atoms with van der Waals surface area (Å²) in [4.78, 5) is 5.85. The van der Waals surface area contributed by atoms with E-state index in [4.69, 9.17) is 24.3 Å². The number of rotatable bonds is 7. The van der Waals surface area contributed by atoms with Gasteiger partial charge in [0.15, 0.2) is 11.5 Å². The van der Waals surface area contributed by atoms with Crippen molar-refractivity contribution in [3.05, 3.63) is 52.1 Å². The molecule has 33 heavy (non-hydrogen) atoms. The zero-order chi connectivity index (χ0) is 23.2. The number of aromatic hydroxyl groups is 1. The highest BCUT2D eigenvalue weighted by atomic mass is 32.1. The van der Waals surface area contributed by atoms with Crippen LogP contribution in [-0.2, 0) is 0 Å². The minimum atomic E-state index is 0.0499. The first-order valence-corrected chi connectivity index (χ1v) is 11.9. The number of para-hydroxylation sites is 1. The van der Waals surface area contributed by atoms with Gasteiger partial charge in [0.1, 0.15) is 11.5 Å². The highest BCUT2D eigenvalue weighted by Gasteiger charge is 2.16. The van der Waals surface area contributed by atoms with Crippen LogP contribution in [0.3, 0.4) is 0 Å². The van der Waals surface area contributed by atoms with E-state index in [9.17, 15) is 5.11 Å². The molecule has 0 spiro atoms. The van der Waals surface area contributed by atoms with Gasteiger partial charge in [0.25, 0.3) is 0 Å². The lowest BCUT2D eigenvalue weighted by Crippen LogP contribution is -2.19. The van der Waals surface area contributed by atoms with E-state index in [1.54, 1.807) is 43.9 Å². The van der Waals surface area contributed by atoms with Crippen molar-refractivity contribution >= 4 is 17.6 Å². The Bertz CT molecular complexity index is 1190. The molecule has 1 aromatic heterocycles. The fourth-order valence-corrected chi connectivity index (χ4v) is 4.89. The molecule has 0 unspecified atom stereocenters. The van der Waals surface area contributed by atoms with E-state index in [0.29, 0.717) is 28.9 Å².